The van der Waals surface area contributed by atoms with Crippen molar-refractivity contribution in [1.82, 2.24) is 0 Å². The molecule has 0 aliphatic carbocycles. The Bertz CT molecular complexity index is 3140. The van der Waals surface area contributed by atoms with E-state index in [-0.39, 0.29) is 71.4 Å². The third-order valence-electron chi connectivity index (χ3n) is 12.6. The molecule has 0 bridgehead atoms. The number of carbonyl (C=O) groups excluding carboxylic acids is 2. The number of anilines is 1. The molecule has 2 N–H and O–H groups in total. The number of nitro benzene ring substituents is 1. The van der Waals surface area contributed by atoms with Gasteiger partial charge in [0.1, 0.15) is 30.3 Å². The van der Waals surface area contributed by atoms with Gasteiger partial charge in [-0.1, -0.05) is 91.0 Å². The lowest BCUT2D eigenvalue weighted by Gasteiger charge is -2.37. The predicted molar refractivity (Wildman–Crippen MR) is 252 cm³/mol. The van der Waals surface area contributed by atoms with Crippen molar-refractivity contribution in [3.63, 3.8) is 0 Å². The molecule has 9 rings (SSSR count). The van der Waals surface area contributed by atoms with Gasteiger partial charge in [0, 0.05) is 41.3 Å². The van der Waals surface area contributed by atoms with Gasteiger partial charge < -0.3 is 29.1 Å². The highest BCUT2D eigenvalue weighted by Crippen LogP contribution is 2.52. The van der Waals surface area contributed by atoms with Crippen LogP contribution in [0.5, 0.6) is 11.5 Å². The summed E-state index contributed by atoms with van der Waals surface area (Å²) in [5.74, 6) is -1.18. The molecule has 13 heteroatoms. The van der Waals surface area contributed by atoms with Crippen LogP contribution < -0.4 is 15.7 Å². The molecule has 0 radical (unpaired) electrons. The first-order valence-corrected chi connectivity index (χ1v) is 22.4. The number of para-hydroxylation sites is 1. The fourth-order valence-electron chi connectivity index (χ4n) is 9.67. The van der Waals surface area contributed by atoms with Gasteiger partial charge in [-0.3, -0.25) is 19.7 Å². The van der Waals surface area contributed by atoms with Crippen LogP contribution >= 0.6 is 22.6 Å². The van der Waals surface area contributed by atoms with Crippen molar-refractivity contribution in [3.05, 3.63) is 140 Å². The first kappa shape index (κ1) is 41.9. The molecule has 0 saturated carbocycles. The summed E-state index contributed by atoms with van der Waals surface area (Å²) in [5, 5.41) is 35.1. The van der Waals surface area contributed by atoms with Crippen LogP contribution in [0.3, 0.4) is 0 Å². The molecule has 1 aromatic heterocycles. The molecule has 1 saturated heterocycles. The second kappa shape index (κ2) is 17.0. The van der Waals surface area contributed by atoms with Gasteiger partial charge in [-0.25, -0.2) is 4.79 Å². The first-order valence-electron chi connectivity index (χ1n) is 20.9. The Labute approximate surface area is 374 Å². The Morgan fingerprint density at radius 2 is 1.56 bits per heavy atom. The molecule has 63 heavy (non-hydrogen) atoms. The number of non-ortho nitro benzene ring substituents is 1. The summed E-state index contributed by atoms with van der Waals surface area (Å²) in [7, 11) is 0. The molecule has 8 aromatic rings. The largest absolute Gasteiger partial charge is 0.507 e. The highest BCUT2D eigenvalue weighted by molar-refractivity contribution is 14.1. The maximum atomic E-state index is 14.4. The van der Waals surface area contributed by atoms with Crippen molar-refractivity contribution < 1.29 is 38.2 Å². The normalized spacial score (nSPS) is 15.2. The maximum Gasteiger partial charge on any atom is 0.343 e. The zero-order chi connectivity index (χ0) is 44.0. The number of hydrogen-bond donors (Lipinski definition) is 2. The smallest absolute Gasteiger partial charge is 0.343 e. The molecule has 1 aliphatic rings. The van der Waals surface area contributed by atoms with Gasteiger partial charge in [0.2, 0.25) is 0 Å². The topological polar surface area (TPSA) is 167 Å². The molecule has 0 amide bonds. The van der Waals surface area contributed by atoms with Crippen LogP contribution in [0.25, 0.3) is 54.1 Å². The third-order valence-corrected chi connectivity index (χ3v) is 12.9. The van der Waals surface area contributed by atoms with Crippen LogP contribution in [-0.2, 0) is 24.5 Å². The first-order chi connectivity index (χ1) is 30.5. The van der Waals surface area contributed by atoms with Gasteiger partial charge in [-0.2, -0.15) is 0 Å². The average molecular weight is 959 g/mol. The van der Waals surface area contributed by atoms with E-state index in [2.05, 4.69) is 40.0 Å². The summed E-state index contributed by atoms with van der Waals surface area (Å²) in [6.07, 6.45) is 1.66. The fourth-order valence-corrected chi connectivity index (χ4v) is 10.1. The van der Waals surface area contributed by atoms with Crippen molar-refractivity contribution in [2.45, 2.75) is 50.9 Å². The van der Waals surface area contributed by atoms with Gasteiger partial charge in [0.25, 0.3) is 5.69 Å². The van der Waals surface area contributed by atoms with Crippen LogP contribution in [0.4, 0.5) is 11.4 Å². The van der Waals surface area contributed by atoms with Gasteiger partial charge >= 0.3 is 17.6 Å². The van der Waals surface area contributed by atoms with Gasteiger partial charge in [0.05, 0.1) is 32.4 Å². The minimum Gasteiger partial charge on any atom is -0.507 e. The Morgan fingerprint density at radius 1 is 0.873 bits per heavy atom. The Kier molecular flexibility index (Phi) is 11.3. The van der Waals surface area contributed by atoms with Gasteiger partial charge in [-0.05, 0) is 105 Å². The second-order valence-corrected chi connectivity index (χ2v) is 17.3. The number of carbonyl (C=O) groups is 2. The van der Waals surface area contributed by atoms with Crippen LogP contribution in [0.1, 0.15) is 62.1 Å². The summed E-state index contributed by atoms with van der Waals surface area (Å²) in [5.41, 5.74) is 1.02. The summed E-state index contributed by atoms with van der Waals surface area (Å²) >= 11 is 2.22. The number of aromatic hydroxyl groups is 1. The number of nitrogens with one attached hydrogen (secondary N) is 1. The lowest BCUT2D eigenvalue weighted by molar-refractivity contribution is -0.383. The Hall–Kier alpha value is -6.48. The van der Waals surface area contributed by atoms with Crippen molar-refractivity contribution in [3.8, 4) is 11.5 Å². The van der Waals surface area contributed by atoms with E-state index in [1.807, 2.05) is 62.4 Å². The number of nitro groups is 1. The number of ether oxygens (including phenoxy) is 3. The SMILES string of the molecule is CC(C)(c1ccc2c3cccc4c([N+](=O)[O-])ccc(c5cccc1c52)c43)[C@H](c1cc(OCCOC(=O)CC2CCOC(=O)CC2)ccc1NCI)c1c(O)c2ccccc2oc1=O. The number of rotatable bonds is 13. The number of nitrogens with zero attached hydrogens (tertiary/aromatic N) is 1. The molecule has 2 atom stereocenters. The van der Waals surface area contributed by atoms with E-state index in [4.69, 9.17) is 18.6 Å². The Balaban J connectivity index is 1.16. The lowest BCUT2D eigenvalue weighted by atomic mass is 9.65. The molecule has 2 heterocycles. The molecule has 12 nitrogen and oxygen atoms in total. The van der Waals surface area contributed by atoms with Gasteiger partial charge in [0.15, 0.2) is 0 Å². The van der Waals surface area contributed by atoms with E-state index in [0.29, 0.717) is 51.8 Å². The Morgan fingerprint density at radius 3 is 2.32 bits per heavy atom. The highest BCUT2D eigenvalue weighted by atomic mass is 127. The van der Waals surface area contributed by atoms with Crippen LogP contribution in [0.15, 0.2) is 112 Å². The lowest BCUT2D eigenvalue weighted by Crippen LogP contribution is -2.32. The van der Waals surface area contributed by atoms with Crippen molar-refractivity contribution in [2.24, 2.45) is 5.92 Å². The summed E-state index contributed by atoms with van der Waals surface area (Å²) in [6, 6.07) is 31.6. The average Bonchev–Trinajstić information content (AvgIpc) is 3.48. The number of hydrogen-bond acceptors (Lipinski definition) is 11. The molecule has 1 unspecified atom stereocenters. The van der Waals surface area contributed by atoms with E-state index in [1.54, 1.807) is 42.5 Å². The fraction of sp³-hybridized carbons (Fsp3) is 0.260. The molecular formula is C50H43IN2O10. The van der Waals surface area contributed by atoms with E-state index in [1.165, 1.54) is 0 Å². The van der Waals surface area contributed by atoms with Gasteiger partial charge in [-0.15, -0.1) is 0 Å². The standard InChI is InChI=1S/C50H43IN2O10/c1-50(2,38-17-15-32-31-9-6-11-35-40(53(58)59)19-16-33(45(31)35)30-8-5-10-34(38)44(30)32)47(46-48(56)36-7-3-4-12-41(36)63-49(46)57)37-26-29(14-18-39(37)52-27-51)60-23-24-62-43(55)25-28-13-20-42(54)61-22-21-28/h3-12,14-19,26,28,47,52,56H,13,20-25,27H2,1-2H3/t28?,47-/m1/s1. The van der Waals surface area contributed by atoms with Crippen molar-refractivity contribution in [2.75, 3.05) is 29.7 Å². The maximum absolute atomic E-state index is 14.4. The molecule has 1 aliphatic heterocycles. The van der Waals surface area contributed by atoms with Crippen molar-refractivity contribution >= 4 is 100.0 Å². The van der Waals surface area contributed by atoms with Crippen molar-refractivity contribution in [1.29, 1.82) is 0 Å². The molecule has 0 spiro atoms. The predicted octanol–water partition coefficient (Wildman–Crippen LogP) is 11.0. The summed E-state index contributed by atoms with van der Waals surface area (Å²) in [6.45, 7) is 4.45. The molecule has 320 valence electrons. The highest BCUT2D eigenvalue weighted by Gasteiger charge is 2.41. The van der Waals surface area contributed by atoms with Crippen LogP contribution in [-0.4, -0.2) is 46.3 Å². The number of cyclic esters (lactones) is 1. The second-order valence-electron chi connectivity index (χ2n) is 16.6. The zero-order valence-electron chi connectivity index (χ0n) is 34.6. The summed E-state index contributed by atoms with van der Waals surface area (Å²) < 4.78 is 23.4. The zero-order valence-corrected chi connectivity index (χ0v) is 36.7. The summed E-state index contributed by atoms with van der Waals surface area (Å²) in [4.78, 5) is 50.6. The van der Waals surface area contributed by atoms with Crippen LogP contribution in [0, 0.1) is 16.0 Å². The number of benzene rings is 7. The number of fused-ring (bicyclic) bond motifs is 3. The molecule has 1 fully saturated rings. The van der Waals surface area contributed by atoms with E-state index in [0.717, 1.165) is 43.3 Å². The number of esters is 2. The third kappa shape index (κ3) is 7.61. The number of alkyl halides is 1. The minimum atomic E-state index is -0.947. The van der Waals surface area contributed by atoms with Crippen LogP contribution in [0.2, 0.25) is 0 Å². The van der Waals surface area contributed by atoms with E-state index in [9.17, 15) is 29.6 Å². The quantitative estimate of drug-likeness (QED) is 0.0108. The van der Waals surface area contributed by atoms with E-state index < -0.39 is 17.0 Å². The minimum absolute atomic E-state index is 0.00108. The molecule has 7 aromatic carbocycles. The number of halogens is 1. The van der Waals surface area contributed by atoms with E-state index >= 15 is 0 Å². The monoisotopic (exact) mass is 958 g/mol. The molecular weight excluding hydrogens is 915 g/mol.